The third-order valence-corrected chi connectivity index (χ3v) is 4.77. The fraction of sp³-hybridized carbons (Fsp3) is 0.286. The van der Waals surface area contributed by atoms with Gasteiger partial charge >= 0.3 is 0 Å². The number of pyridine rings is 1. The van der Waals surface area contributed by atoms with Crippen molar-refractivity contribution < 1.29 is 4.39 Å². The van der Waals surface area contributed by atoms with Gasteiger partial charge in [0.25, 0.3) is 0 Å². The number of aromatic nitrogens is 3. The fourth-order valence-electron chi connectivity index (χ4n) is 3.45. The van der Waals surface area contributed by atoms with Crippen LogP contribution in [0.3, 0.4) is 0 Å². The summed E-state index contributed by atoms with van der Waals surface area (Å²) in [5.41, 5.74) is 2.97. The molecule has 1 aromatic carbocycles. The average Bonchev–Trinajstić information content (AvgIpc) is 2.71. The molecule has 0 spiro atoms. The van der Waals surface area contributed by atoms with Crippen LogP contribution >= 0.6 is 0 Å². The predicted molar refractivity (Wildman–Crippen MR) is 104 cm³/mol. The van der Waals surface area contributed by atoms with Gasteiger partial charge in [-0.05, 0) is 55.3 Å². The quantitative estimate of drug-likeness (QED) is 0.748. The van der Waals surface area contributed by atoms with E-state index in [2.05, 4.69) is 25.2 Å². The number of piperidine rings is 1. The SMILES string of the molecule is Fc1ccc(CN2CCC[C@H](Nc3nccc(-c4cccnc4)n3)C2)cc1. The molecule has 5 nitrogen and oxygen atoms in total. The van der Waals surface area contributed by atoms with Crippen molar-refractivity contribution in [3.63, 3.8) is 0 Å². The van der Waals surface area contributed by atoms with Crippen molar-refractivity contribution in [3.05, 3.63) is 72.4 Å². The lowest BCUT2D eigenvalue weighted by molar-refractivity contribution is 0.208. The molecular weight excluding hydrogens is 341 g/mol. The van der Waals surface area contributed by atoms with Gasteiger partial charge in [-0.3, -0.25) is 9.88 Å². The van der Waals surface area contributed by atoms with Gasteiger partial charge < -0.3 is 5.32 Å². The molecule has 3 heterocycles. The van der Waals surface area contributed by atoms with E-state index < -0.39 is 0 Å². The second kappa shape index (κ2) is 8.22. The summed E-state index contributed by atoms with van der Waals surface area (Å²) in [5, 5.41) is 3.47. The normalized spacial score (nSPS) is 17.6. The Morgan fingerprint density at radius 1 is 1.11 bits per heavy atom. The first-order valence-electron chi connectivity index (χ1n) is 9.23. The Labute approximate surface area is 158 Å². The number of likely N-dealkylation sites (tertiary alicyclic amines) is 1. The summed E-state index contributed by atoms with van der Waals surface area (Å²) in [7, 11) is 0. The lowest BCUT2D eigenvalue weighted by Gasteiger charge is -2.33. The van der Waals surface area contributed by atoms with E-state index in [4.69, 9.17) is 0 Å². The van der Waals surface area contributed by atoms with Gasteiger partial charge in [0, 0.05) is 43.3 Å². The molecule has 1 atom stereocenters. The van der Waals surface area contributed by atoms with Crippen LogP contribution in [0.2, 0.25) is 0 Å². The van der Waals surface area contributed by atoms with E-state index in [0.29, 0.717) is 12.0 Å². The number of rotatable bonds is 5. The Kier molecular flexibility index (Phi) is 5.34. The van der Waals surface area contributed by atoms with Crippen molar-refractivity contribution in [1.29, 1.82) is 0 Å². The number of anilines is 1. The molecule has 4 rings (SSSR count). The van der Waals surface area contributed by atoms with Gasteiger partial charge in [0.2, 0.25) is 5.95 Å². The summed E-state index contributed by atoms with van der Waals surface area (Å²) in [6.45, 7) is 2.79. The van der Waals surface area contributed by atoms with Crippen LogP contribution in [-0.4, -0.2) is 39.0 Å². The van der Waals surface area contributed by atoms with Crippen LogP contribution in [0.15, 0.2) is 61.1 Å². The maximum Gasteiger partial charge on any atom is 0.223 e. The molecule has 0 amide bonds. The first-order valence-corrected chi connectivity index (χ1v) is 9.23. The molecule has 1 N–H and O–H groups in total. The average molecular weight is 363 g/mol. The lowest BCUT2D eigenvalue weighted by Crippen LogP contribution is -2.41. The van der Waals surface area contributed by atoms with Gasteiger partial charge in [-0.1, -0.05) is 12.1 Å². The zero-order valence-corrected chi connectivity index (χ0v) is 15.1. The second-order valence-corrected chi connectivity index (χ2v) is 6.85. The Morgan fingerprint density at radius 2 is 2.00 bits per heavy atom. The van der Waals surface area contributed by atoms with Gasteiger partial charge in [-0.15, -0.1) is 0 Å². The standard InChI is InChI=1S/C21H22FN5/c22-18-7-5-16(6-8-18)14-27-12-2-4-19(15-27)25-21-24-11-9-20(26-21)17-3-1-10-23-13-17/h1,3,5-11,13,19H,2,4,12,14-15H2,(H,24,25,26)/t19-/m0/s1. The summed E-state index contributed by atoms with van der Waals surface area (Å²) in [6.07, 6.45) is 7.52. The fourth-order valence-corrected chi connectivity index (χ4v) is 3.45. The van der Waals surface area contributed by atoms with E-state index in [1.54, 1.807) is 18.6 Å². The Bertz CT molecular complexity index is 869. The Hall–Kier alpha value is -2.86. The van der Waals surface area contributed by atoms with Gasteiger partial charge in [0.1, 0.15) is 5.82 Å². The number of hydrogen-bond donors (Lipinski definition) is 1. The van der Waals surface area contributed by atoms with E-state index in [-0.39, 0.29) is 5.82 Å². The third-order valence-electron chi connectivity index (χ3n) is 4.77. The number of hydrogen-bond acceptors (Lipinski definition) is 5. The van der Waals surface area contributed by atoms with Crippen LogP contribution < -0.4 is 5.32 Å². The molecule has 1 aliphatic rings. The molecule has 1 aliphatic heterocycles. The van der Waals surface area contributed by atoms with Crippen LogP contribution in [0.4, 0.5) is 10.3 Å². The van der Waals surface area contributed by atoms with Crippen molar-refractivity contribution in [2.75, 3.05) is 18.4 Å². The largest absolute Gasteiger partial charge is 0.350 e. The zero-order chi connectivity index (χ0) is 18.5. The number of nitrogens with one attached hydrogen (secondary N) is 1. The topological polar surface area (TPSA) is 53.9 Å². The number of nitrogens with zero attached hydrogens (tertiary/aromatic N) is 4. The van der Waals surface area contributed by atoms with E-state index >= 15 is 0 Å². The van der Waals surface area contributed by atoms with Crippen LogP contribution in [0.25, 0.3) is 11.3 Å². The monoisotopic (exact) mass is 363 g/mol. The highest BCUT2D eigenvalue weighted by molar-refractivity contribution is 5.58. The predicted octanol–water partition coefficient (Wildman–Crippen LogP) is 3.75. The second-order valence-electron chi connectivity index (χ2n) is 6.85. The van der Waals surface area contributed by atoms with Crippen molar-refractivity contribution in [2.45, 2.75) is 25.4 Å². The molecule has 0 radical (unpaired) electrons. The molecule has 138 valence electrons. The molecule has 6 heteroatoms. The zero-order valence-electron chi connectivity index (χ0n) is 15.1. The summed E-state index contributed by atoms with van der Waals surface area (Å²) in [4.78, 5) is 15.5. The maximum absolute atomic E-state index is 13.1. The van der Waals surface area contributed by atoms with Crippen LogP contribution in [0.1, 0.15) is 18.4 Å². The molecule has 0 saturated carbocycles. The molecule has 0 aliphatic carbocycles. The molecule has 0 unspecified atom stereocenters. The van der Waals surface area contributed by atoms with Crippen LogP contribution in [0.5, 0.6) is 0 Å². The van der Waals surface area contributed by atoms with Crippen molar-refractivity contribution in [2.24, 2.45) is 0 Å². The number of benzene rings is 1. The first kappa shape index (κ1) is 17.5. The van der Waals surface area contributed by atoms with E-state index in [1.807, 2.05) is 30.3 Å². The summed E-state index contributed by atoms with van der Waals surface area (Å²) < 4.78 is 13.1. The highest BCUT2D eigenvalue weighted by atomic mass is 19.1. The molecule has 1 saturated heterocycles. The molecule has 0 bridgehead atoms. The van der Waals surface area contributed by atoms with Crippen molar-refractivity contribution >= 4 is 5.95 Å². The summed E-state index contributed by atoms with van der Waals surface area (Å²) in [6, 6.07) is 12.8. The van der Waals surface area contributed by atoms with Gasteiger partial charge in [0.05, 0.1) is 5.69 Å². The summed E-state index contributed by atoms with van der Waals surface area (Å²) in [5.74, 6) is 0.451. The highest BCUT2D eigenvalue weighted by Gasteiger charge is 2.20. The van der Waals surface area contributed by atoms with Crippen molar-refractivity contribution in [1.82, 2.24) is 19.9 Å². The third kappa shape index (κ3) is 4.65. The van der Waals surface area contributed by atoms with Gasteiger partial charge in [0.15, 0.2) is 0 Å². The smallest absolute Gasteiger partial charge is 0.223 e. The number of halogens is 1. The molecule has 1 fully saturated rings. The minimum absolute atomic E-state index is 0.192. The molecule has 27 heavy (non-hydrogen) atoms. The Balaban J connectivity index is 1.40. The molecular formula is C21H22FN5. The van der Waals surface area contributed by atoms with Gasteiger partial charge in [-0.25, -0.2) is 14.4 Å². The minimum atomic E-state index is -0.192. The van der Waals surface area contributed by atoms with Crippen LogP contribution in [0, 0.1) is 5.82 Å². The lowest BCUT2D eigenvalue weighted by atomic mass is 10.0. The molecule has 2 aromatic heterocycles. The van der Waals surface area contributed by atoms with Gasteiger partial charge in [-0.2, -0.15) is 0 Å². The van der Waals surface area contributed by atoms with E-state index in [0.717, 1.165) is 49.3 Å². The minimum Gasteiger partial charge on any atom is -0.350 e. The van der Waals surface area contributed by atoms with E-state index in [9.17, 15) is 4.39 Å². The van der Waals surface area contributed by atoms with Crippen molar-refractivity contribution in [3.8, 4) is 11.3 Å². The Morgan fingerprint density at radius 3 is 2.81 bits per heavy atom. The van der Waals surface area contributed by atoms with E-state index in [1.165, 1.54) is 12.1 Å². The van der Waals surface area contributed by atoms with Crippen LogP contribution in [-0.2, 0) is 6.54 Å². The summed E-state index contributed by atoms with van der Waals surface area (Å²) >= 11 is 0. The maximum atomic E-state index is 13.1. The first-order chi connectivity index (χ1) is 13.3. The molecule has 3 aromatic rings. The highest BCUT2D eigenvalue weighted by Crippen LogP contribution is 2.19.